The van der Waals surface area contributed by atoms with Crippen molar-refractivity contribution in [3.8, 4) is 10.6 Å². The van der Waals surface area contributed by atoms with Crippen LogP contribution in [0.4, 0.5) is 0 Å². The number of hydrogen-bond donors (Lipinski definition) is 0. The lowest BCUT2D eigenvalue weighted by molar-refractivity contribution is 0.112. The molecule has 0 saturated heterocycles. The summed E-state index contributed by atoms with van der Waals surface area (Å²) in [4.78, 5) is 12.4. The van der Waals surface area contributed by atoms with E-state index in [1.165, 1.54) is 11.1 Å². The van der Waals surface area contributed by atoms with Gasteiger partial charge in [0.05, 0.1) is 17.0 Å². The Hall–Kier alpha value is -2.20. The molecule has 0 atom stereocenters. The van der Waals surface area contributed by atoms with Crippen LogP contribution in [0.1, 0.15) is 27.0 Å². The van der Waals surface area contributed by atoms with Crippen molar-refractivity contribution in [3.05, 3.63) is 64.2 Å². The zero-order valence-corrected chi connectivity index (χ0v) is 12.9. The van der Waals surface area contributed by atoms with Crippen LogP contribution in [0.15, 0.2) is 41.9 Å². The average molecular weight is 296 g/mol. The number of benzene rings is 1. The first kappa shape index (κ1) is 13.8. The minimum Gasteiger partial charge on any atom is -0.298 e. The first-order valence-electron chi connectivity index (χ1n) is 6.80. The van der Waals surface area contributed by atoms with Gasteiger partial charge in [-0.05, 0) is 36.4 Å². The van der Waals surface area contributed by atoms with Gasteiger partial charge in [0.25, 0.3) is 0 Å². The van der Waals surface area contributed by atoms with Crippen molar-refractivity contribution in [3.63, 3.8) is 0 Å². The molecule has 1 aromatic carbocycles. The van der Waals surface area contributed by atoms with E-state index >= 15 is 0 Å². The van der Waals surface area contributed by atoms with Gasteiger partial charge >= 0.3 is 0 Å². The largest absolute Gasteiger partial charge is 0.298 e. The second-order valence-corrected chi connectivity index (χ2v) is 6.08. The summed E-state index contributed by atoms with van der Waals surface area (Å²) >= 11 is 1.62. The second-order valence-electron chi connectivity index (χ2n) is 5.17. The molecule has 0 aliphatic heterocycles. The third kappa shape index (κ3) is 2.81. The molecule has 0 unspecified atom stereocenters. The Morgan fingerprint density at radius 3 is 2.57 bits per heavy atom. The van der Waals surface area contributed by atoms with Crippen LogP contribution in [0.3, 0.4) is 0 Å². The first-order valence-corrected chi connectivity index (χ1v) is 7.68. The molecule has 0 radical (unpaired) electrons. The van der Waals surface area contributed by atoms with Crippen LogP contribution in [-0.4, -0.2) is 16.1 Å². The topological polar surface area (TPSA) is 34.9 Å². The summed E-state index contributed by atoms with van der Waals surface area (Å²) in [5.41, 5.74) is 5.00. The molecule has 4 heteroatoms. The van der Waals surface area contributed by atoms with E-state index in [9.17, 15) is 4.79 Å². The van der Waals surface area contributed by atoms with Crippen LogP contribution in [-0.2, 0) is 6.54 Å². The molecule has 3 aromatic rings. The van der Waals surface area contributed by atoms with Crippen molar-refractivity contribution >= 4 is 17.6 Å². The van der Waals surface area contributed by atoms with Gasteiger partial charge in [-0.15, -0.1) is 11.3 Å². The van der Waals surface area contributed by atoms with Crippen LogP contribution < -0.4 is 0 Å². The molecule has 21 heavy (non-hydrogen) atoms. The Morgan fingerprint density at radius 2 is 1.95 bits per heavy atom. The summed E-state index contributed by atoms with van der Waals surface area (Å²) in [7, 11) is 0. The molecule has 0 amide bonds. The van der Waals surface area contributed by atoms with E-state index in [4.69, 9.17) is 0 Å². The van der Waals surface area contributed by atoms with Crippen molar-refractivity contribution in [2.75, 3.05) is 0 Å². The zero-order chi connectivity index (χ0) is 14.8. The zero-order valence-electron chi connectivity index (χ0n) is 12.0. The Kier molecular flexibility index (Phi) is 3.71. The van der Waals surface area contributed by atoms with E-state index in [2.05, 4.69) is 36.3 Å². The van der Waals surface area contributed by atoms with E-state index in [1.54, 1.807) is 11.3 Å². The lowest BCUT2D eigenvalue weighted by Gasteiger charge is -2.02. The standard InChI is InChI=1S/C17H16N2OS/c1-12-3-5-14(6-4-12)9-19-10-15(11-20)16(18-19)17-13(2)7-8-21-17/h3-8,10-11H,9H2,1-2H3. The van der Waals surface area contributed by atoms with Gasteiger partial charge in [0.2, 0.25) is 0 Å². The van der Waals surface area contributed by atoms with Gasteiger partial charge in [0.15, 0.2) is 6.29 Å². The van der Waals surface area contributed by atoms with Crippen molar-refractivity contribution < 1.29 is 4.79 Å². The summed E-state index contributed by atoms with van der Waals surface area (Å²) in [6, 6.07) is 10.4. The minimum absolute atomic E-state index is 0.646. The first-order chi connectivity index (χ1) is 10.2. The smallest absolute Gasteiger partial charge is 0.153 e. The molecule has 0 aliphatic rings. The van der Waals surface area contributed by atoms with E-state index in [0.29, 0.717) is 12.1 Å². The van der Waals surface area contributed by atoms with Gasteiger partial charge in [-0.3, -0.25) is 9.48 Å². The van der Waals surface area contributed by atoms with E-state index in [-0.39, 0.29) is 0 Å². The molecule has 2 aromatic heterocycles. The Bertz CT molecular complexity index is 768. The predicted molar refractivity (Wildman–Crippen MR) is 85.9 cm³/mol. The average Bonchev–Trinajstić information content (AvgIpc) is 3.07. The summed E-state index contributed by atoms with van der Waals surface area (Å²) in [6.45, 7) is 4.78. The fraction of sp³-hybridized carbons (Fsp3) is 0.176. The van der Waals surface area contributed by atoms with Crippen LogP contribution in [0, 0.1) is 13.8 Å². The highest BCUT2D eigenvalue weighted by Gasteiger charge is 2.14. The number of thiophene rings is 1. The van der Waals surface area contributed by atoms with E-state index < -0.39 is 0 Å². The third-order valence-corrected chi connectivity index (χ3v) is 4.48. The number of aryl methyl sites for hydroxylation is 2. The van der Waals surface area contributed by atoms with Gasteiger partial charge in [0, 0.05) is 6.20 Å². The van der Waals surface area contributed by atoms with Gasteiger partial charge in [-0.1, -0.05) is 29.8 Å². The minimum atomic E-state index is 0.646. The fourth-order valence-corrected chi connectivity index (χ4v) is 3.21. The Labute approximate surface area is 127 Å². The monoisotopic (exact) mass is 296 g/mol. The SMILES string of the molecule is Cc1ccc(Cn2cc(C=O)c(-c3sccc3C)n2)cc1. The lowest BCUT2D eigenvalue weighted by Crippen LogP contribution is -2.00. The van der Waals surface area contributed by atoms with Crippen LogP contribution >= 0.6 is 11.3 Å². The summed E-state index contributed by atoms with van der Waals surface area (Å²) in [6.07, 6.45) is 2.70. The third-order valence-electron chi connectivity index (χ3n) is 3.46. The highest BCUT2D eigenvalue weighted by molar-refractivity contribution is 7.13. The number of hydrogen-bond acceptors (Lipinski definition) is 3. The Balaban J connectivity index is 1.94. The number of aromatic nitrogens is 2. The van der Waals surface area contributed by atoms with Gasteiger partial charge < -0.3 is 0 Å². The number of carbonyl (C=O) groups excluding carboxylic acids is 1. The quantitative estimate of drug-likeness (QED) is 0.680. The van der Waals surface area contributed by atoms with Crippen LogP contribution in [0.2, 0.25) is 0 Å². The highest BCUT2D eigenvalue weighted by atomic mass is 32.1. The molecular weight excluding hydrogens is 280 g/mol. The van der Waals surface area contributed by atoms with Crippen LogP contribution in [0.5, 0.6) is 0 Å². The molecule has 3 rings (SSSR count). The number of aldehydes is 1. The van der Waals surface area contributed by atoms with Crippen molar-refractivity contribution in [1.29, 1.82) is 0 Å². The van der Waals surface area contributed by atoms with Gasteiger partial charge in [0.1, 0.15) is 5.69 Å². The molecule has 106 valence electrons. The number of carbonyl (C=O) groups is 1. The molecule has 0 saturated carbocycles. The molecular formula is C17H16N2OS. The molecule has 0 bridgehead atoms. The Morgan fingerprint density at radius 1 is 1.19 bits per heavy atom. The molecule has 0 aliphatic carbocycles. The maximum atomic E-state index is 11.3. The lowest BCUT2D eigenvalue weighted by atomic mass is 10.1. The highest BCUT2D eigenvalue weighted by Crippen LogP contribution is 2.29. The summed E-state index contributed by atoms with van der Waals surface area (Å²) in [5, 5.41) is 6.62. The molecule has 0 fully saturated rings. The van der Waals surface area contributed by atoms with E-state index in [1.807, 2.05) is 29.2 Å². The normalized spacial score (nSPS) is 10.8. The molecule has 2 heterocycles. The summed E-state index contributed by atoms with van der Waals surface area (Å²) in [5.74, 6) is 0. The van der Waals surface area contributed by atoms with Crippen molar-refractivity contribution in [2.45, 2.75) is 20.4 Å². The molecule has 0 N–H and O–H groups in total. The fourth-order valence-electron chi connectivity index (χ4n) is 2.28. The molecule has 0 spiro atoms. The van der Waals surface area contributed by atoms with Gasteiger partial charge in [-0.25, -0.2) is 0 Å². The number of rotatable bonds is 4. The molecule has 3 nitrogen and oxygen atoms in total. The second kappa shape index (κ2) is 5.66. The summed E-state index contributed by atoms with van der Waals surface area (Å²) < 4.78 is 1.84. The van der Waals surface area contributed by atoms with Crippen molar-refractivity contribution in [1.82, 2.24) is 9.78 Å². The predicted octanol–water partition coefficient (Wildman–Crippen LogP) is 4.09. The van der Waals surface area contributed by atoms with Crippen molar-refractivity contribution in [2.24, 2.45) is 0 Å². The van der Waals surface area contributed by atoms with Crippen LogP contribution in [0.25, 0.3) is 10.6 Å². The maximum absolute atomic E-state index is 11.3. The van der Waals surface area contributed by atoms with Gasteiger partial charge in [-0.2, -0.15) is 5.10 Å². The number of nitrogens with zero attached hydrogens (tertiary/aromatic N) is 2. The van der Waals surface area contributed by atoms with E-state index in [0.717, 1.165) is 22.4 Å². The maximum Gasteiger partial charge on any atom is 0.153 e.